The minimum absolute atomic E-state index is 0.259. The molecular formula is C16H15F2NO2. The summed E-state index contributed by atoms with van der Waals surface area (Å²) in [5.41, 5.74) is 0.945. The van der Waals surface area contributed by atoms with Gasteiger partial charge in [-0.05, 0) is 48.4 Å². The Morgan fingerprint density at radius 3 is 2.10 bits per heavy atom. The van der Waals surface area contributed by atoms with Gasteiger partial charge in [0.2, 0.25) is 0 Å². The lowest BCUT2D eigenvalue weighted by atomic mass is 10.1. The summed E-state index contributed by atoms with van der Waals surface area (Å²) < 4.78 is 25.5. The number of amides is 1. The fourth-order valence-corrected chi connectivity index (χ4v) is 1.88. The molecule has 0 heterocycles. The molecule has 0 aliphatic heterocycles. The van der Waals surface area contributed by atoms with Crippen molar-refractivity contribution in [1.82, 2.24) is 5.32 Å². The smallest absolute Gasteiger partial charge is 0.251 e. The molecule has 1 amide bonds. The first-order valence-corrected chi connectivity index (χ1v) is 6.53. The summed E-state index contributed by atoms with van der Waals surface area (Å²) in [6.45, 7) is 0.259. The number of hydrogen-bond donors (Lipinski definition) is 2. The molecule has 0 aliphatic rings. The van der Waals surface area contributed by atoms with E-state index in [0.717, 1.165) is 0 Å². The topological polar surface area (TPSA) is 49.3 Å². The van der Waals surface area contributed by atoms with Crippen LogP contribution in [0, 0.1) is 11.6 Å². The van der Waals surface area contributed by atoms with E-state index in [4.69, 9.17) is 0 Å². The van der Waals surface area contributed by atoms with E-state index >= 15 is 0 Å². The lowest BCUT2D eigenvalue weighted by molar-refractivity contribution is 0.0942. The highest BCUT2D eigenvalue weighted by Crippen LogP contribution is 2.16. The van der Waals surface area contributed by atoms with Crippen LogP contribution in [-0.2, 0) is 0 Å². The molecule has 5 heteroatoms. The molecule has 2 aromatic carbocycles. The van der Waals surface area contributed by atoms with Crippen LogP contribution in [-0.4, -0.2) is 17.6 Å². The van der Waals surface area contributed by atoms with E-state index in [-0.39, 0.29) is 18.3 Å². The standard InChI is InChI=1S/C16H15F2NO2/c17-13-5-1-11(2-6-13)15(20)9-10-19-16(21)12-3-7-14(18)8-4-12/h1-8,15,20H,9-10H2,(H,19,21). The van der Waals surface area contributed by atoms with Crippen LogP contribution in [0.15, 0.2) is 48.5 Å². The molecule has 0 saturated heterocycles. The fourth-order valence-electron chi connectivity index (χ4n) is 1.88. The maximum atomic E-state index is 12.8. The van der Waals surface area contributed by atoms with Crippen LogP contribution in [0.3, 0.4) is 0 Å². The highest BCUT2D eigenvalue weighted by molar-refractivity contribution is 5.94. The molecule has 0 radical (unpaired) electrons. The first-order chi connectivity index (χ1) is 10.1. The Bertz CT molecular complexity index is 597. The zero-order valence-electron chi connectivity index (χ0n) is 11.2. The van der Waals surface area contributed by atoms with Gasteiger partial charge in [0, 0.05) is 12.1 Å². The summed E-state index contributed by atoms with van der Waals surface area (Å²) in [5.74, 6) is -1.10. The van der Waals surface area contributed by atoms with E-state index in [1.165, 1.54) is 48.5 Å². The van der Waals surface area contributed by atoms with Crippen molar-refractivity contribution >= 4 is 5.91 Å². The molecule has 0 spiro atoms. The first kappa shape index (κ1) is 15.1. The van der Waals surface area contributed by atoms with Gasteiger partial charge in [-0.3, -0.25) is 4.79 Å². The van der Waals surface area contributed by atoms with Gasteiger partial charge in [-0.2, -0.15) is 0 Å². The third-order valence-corrected chi connectivity index (χ3v) is 3.06. The summed E-state index contributed by atoms with van der Waals surface area (Å²) in [6, 6.07) is 10.8. The van der Waals surface area contributed by atoms with Crippen LogP contribution in [0.4, 0.5) is 8.78 Å². The van der Waals surface area contributed by atoms with Crippen molar-refractivity contribution in [3.05, 3.63) is 71.3 Å². The molecule has 1 unspecified atom stereocenters. The number of aliphatic hydroxyl groups excluding tert-OH is 1. The van der Waals surface area contributed by atoms with E-state index < -0.39 is 11.9 Å². The Morgan fingerprint density at radius 2 is 1.52 bits per heavy atom. The third kappa shape index (κ3) is 4.36. The van der Waals surface area contributed by atoms with Gasteiger partial charge in [0.25, 0.3) is 5.91 Å². The van der Waals surface area contributed by atoms with E-state index in [1.807, 2.05) is 0 Å². The van der Waals surface area contributed by atoms with Crippen molar-refractivity contribution in [1.29, 1.82) is 0 Å². The van der Waals surface area contributed by atoms with Crippen LogP contribution in [0.2, 0.25) is 0 Å². The molecule has 0 saturated carbocycles. The van der Waals surface area contributed by atoms with Crippen molar-refractivity contribution < 1.29 is 18.7 Å². The minimum atomic E-state index is -0.779. The second kappa shape index (κ2) is 6.95. The lowest BCUT2D eigenvalue weighted by Crippen LogP contribution is -2.25. The molecular weight excluding hydrogens is 276 g/mol. The Kier molecular flexibility index (Phi) is 5.00. The van der Waals surface area contributed by atoms with Crippen molar-refractivity contribution in [3.8, 4) is 0 Å². The molecule has 3 nitrogen and oxygen atoms in total. The van der Waals surface area contributed by atoms with Crippen LogP contribution in [0.1, 0.15) is 28.4 Å². The SMILES string of the molecule is O=C(NCCC(O)c1ccc(F)cc1)c1ccc(F)cc1. The third-order valence-electron chi connectivity index (χ3n) is 3.06. The Hall–Kier alpha value is -2.27. The first-order valence-electron chi connectivity index (χ1n) is 6.53. The summed E-state index contributed by atoms with van der Waals surface area (Å²) in [4.78, 5) is 11.8. The van der Waals surface area contributed by atoms with Crippen molar-refractivity contribution in [2.75, 3.05) is 6.54 Å². The molecule has 2 rings (SSSR count). The number of halogens is 2. The molecule has 2 N–H and O–H groups in total. The molecule has 110 valence electrons. The van der Waals surface area contributed by atoms with Gasteiger partial charge >= 0.3 is 0 Å². The number of aliphatic hydroxyl groups is 1. The predicted octanol–water partition coefficient (Wildman–Crippen LogP) is 2.82. The van der Waals surface area contributed by atoms with Crippen LogP contribution >= 0.6 is 0 Å². The number of carbonyl (C=O) groups excluding carboxylic acids is 1. The molecule has 0 aliphatic carbocycles. The van der Waals surface area contributed by atoms with E-state index in [0.29, 0.717) is 17.5 Å². The lowest BCUT2D eigenvalue weighted by Gasteiger charge is -2.11. The minimum Gasteiger partial charge on any atom is -0.388 e. The summed E-state index contributed by atoms with van der Waals surface area (Å²) >= 11 is 0. The fraction of sp³-hybridized carbons (Fsp3) is 0.188. The largest absolute Gasteiger partial charge is 0.388 e. The molecule has 0 aromatic heterocycles. The second-order valence-electron chi connectivity index (χ2n) is 4.62. The summed E-state index contributed by atoms with van der Waals surface area (Å²) in [5, 5.41) is 12.5. The average Bonchev–Trinajstić information content (AvgIpc) is 2.48. The quantitative estimate of drug-likeness (QED) is 0.890. The van der Waals surface area contributed by atoms with Gasteiger partial charge in [0.15, 0.2) is 0 Å². The number of hydrogen-bond acceptors (Lipinski definition) is 2. The highest BCUT2D eigenvalue weighted by atomic mass is 19.1. The van der Waals surface area contributed by atoms with Gasteiger partial charge < -0.3 is 10.4 Å². The summed E-state index contributed by atoms with van der Waals surface area (Å²) in [6.07, 6.45) is -0.474. The Labute approximate surface area is 121 Å². The molecule has 21 heavy (non-hydrogen) atoms. The molecule has 0 bridgehead atoms. The van der Waals surface area contributed by atoms with Crippen LogP contribution in [0.5, 0.6) is 0 Å². The van der Waals surface area contributed by atoms with E-state index in [1.54, 1.807) is 0 Å². The second-order valence-corrected chi connectivity index (χ2v) is 4.62. The normalized spacial score (nSPS) is 12.0. The molecule has 2 aromatic rings. The van der Waals surface area contributed by atoms with Gasteiger partial charge in [0.1, 0.15) is 11.6 Å². The summed E-state index contributed by atoms with van der Waals surface area (Å²) in [7, 11) is 0. The van der Waals surface area contributed by atoms with Gasteiger partial charge in [0.05, 0.1) is 6.10 Å². The Morgan fingerprint density at radius 1 is 1.00 bits per heavy atom. The Balaban J connectivity index is 1.82. The predicted molar refractivity (Wildman–Crippen MR) is 74.7 cm³/mol. The van der Waals surface area contributed by atoms with Crippen molar-refractivity contribution in [3.63, 3.8) is 0 Å². The number of carbonyl (C=O) groups is 1. The number of rotatable bonds is 5. The van der Waals surface area contributed by atoms with E-state index in [9.17, 15) is 18.7 Å². The van der Waals surface area contributed by atoms with Crippen LogP contribution in [0.25, 0.3) is 0 Å². The highest BCUT2D eigenvalue weighted by Gasteiger charge is 2.09. The average molecular weight is 291 g/mol. The molecule has 1 atom stereocenters. The van der Waals surface area contributed by atoms with Crippen molar-refractivity contribution in [2.45, 2.75) is 12.5 Å². The maximum absolute atomic E-state index is 12.8. The number of nitrogens with one attached hydrogen (secondary N) is 1. The van der Waals surface area contributed by atoms with Gasteiger partial charge in [-0.15, -0.1) is 0 Å². The zero-order chi connectivity index (χ0) is 15.2. The van der Waals surface area contributed by atoms with Gasteiger partial charge in [-0.1, -0.05) is 12.1 Å². The van der Waals surface area contributed by atoms with Gasteiger partial charge in [-0.25, -0.2) is 8.78 Å². The van der Waals surface area contributed by atoms with Crippen LogP contribution < -0.4 is 5.32 Å². The van der Waals surface area contributed by atoms with E-state index in [2.05, 4.69) is 5.32 Å². The monoisotopic (exact) mass is 291 g/mol. The van der Waals surface area contributed by atoms with Crippen molar-refractivity contribution in [2.24, 2.45) is 0 Å². The zero-order valence-corrected chi connectivity index (χ0v) is 11.2. The number of benzene rings is 2. The molecule has 0 fully saturated rings. The maximum Gasteiger partial charge on any atom is 0.251 e.